The largest absolute Gasteiger partial charge is 0.453 e. The summed E-state index contributed by atoms with van der Waals surface area (Å²) in [5.41, 5.74) is 26.3. The van der Waals surface area contributed by atoms with E-state index >= 15 is 0 Å². The number of halogens is 12. The number of methoxy groups -OCH3 is 2. The first kappa shape index (κ1) is 108. The first-order chi connectivity index (χ1) is 69.7. The summed E-state index contributed by atoms with van der Waals surface area (Å²) in [7, 11) is 2.59. The topological polar surface area (TPSA) is 414 Å². The number of carbonyl (C=O) groups is 8. The summed E-state index contributed by atoms with van der Waals surface area (Å²) in [6.45, 7) is 12.0. The Balaban J connectivity index is 0.000000163. The van der Waals surface area contributed by atoms with E-state index in [1.165, 1.54) is 58.4 Å². The zero-order valence-corrected chi connectivity index (χ0v) is 80.6. The highest BCUT2D eigenvalue weighted by atomic mass is 19.2. The average Bonchev–Trinajstić information content (AvgIpc) is 0.801. The first-order valence-electron chi connectivity index (χ1n) is 47.0. The molecule has 146 heavy (non-hydrogen) atoms. The standard InChI is InChI=1S/2C27H27F3N4O3.C27H27F3N4O2.C26H26F3N5O2/c2*1-14-10-15(11-21(31)25(14)34-27(36)37-2)17-8-9-32-13-16(17)12-23(35)22-7-6-20(30)26(33-22)24-18(28)4-3-5-19(24)29;1-14-10-16(11-22(31)26(14)33-15(2)35)18-8-9-32-13-17(18)12-24(36)23-7-6-21(30)27(34-23)25-19(28)4-3-5-20(25)29;1-14-12-34(13-20(30)25(14)32-15(2)35)22-8-9-31-11-16(22)10-23(36)21-7-6-19(29)26(33-21)24-17(27)4-3-5-18(24)28/h2*3-9,13-15,21,25H,10-12,31H2,1-2H3,(H,34,36);3-9,13-14,16,22,26H,10-12,31H2,1-2H3,(H,33,35);3-9,11,14,20,25H,10,12-13,30H2,1-2H3,(H,32,35)/t2*14-,15+,21+,25-;14-,16+,22+,26-;14-,20+,25-/m1010/s1. The third-order valence-electron chi connectivity index (χ3n) is 26.6. The first-order valence-corrected chi connectivity index (χ1v) is 47.0. The van der Waals surface area contributed by atoms with Crippen molar-refractivity contribution in [3.63, 3.8) is 0 Å². The molecule has 3 aliphatic carbocycles. The maximum Gasteiger partial charge on any atom is 0.407 e. The molecule has 4 aliphatic rings. The lowest BCUT2D eigenvalue weighted by atomic mass is 9.72. The van der Waals surface area contributed by atoms with Crippen LogP contribution >= 0.6 is 0 Å². The Morgan fingerprint density at radius 1 is 0.315 bits per heavy atom. The maximum absolute atomic E-state index is 14.5. The molecule has 39 heteroatoms. The molecular weight excluding hydrogens is 1910 g/mol. The lowest BCUT2D eigenvalue weighted by molar-refractivity contribution is -0.121. The van der Waals surface area contributed by atoms with Crippen LogP contribution in [0.4, 0.5) is 68.0 Å². The van der Waals surface area contributed by atoms with Crippen LogP contribution in [0.5, 0.6) is 0 Å². The van der Waals surface area contributed by atoms with Crippen molar-refractivity contribution in [2.75, 3.05) is 32.2 Å². The summed E-state index contributed by atoms with van der Waals surface area (Å²) in [5, 5.41) is 11.4. The number of piperidine rings is 1. The molecule has 4 aromatic carbocycles. The number of alkyl carbamates (subject to hydrolysis) is 2. The maximum atomic E-state index is 14.5. The van der Waals surface area contributed by atoms with Crippen molar-refractivity contribution >= 4 is 52.8 Å². The Morgan fingerprint density at radius 2 is 0.568 bits per heavy atom. The molecule has 12 N–H and O–H groups in total. The van der Waals surface area contributed by atoms with Crippen LogP contribution in [0.1, 0.15) is 179 Å². The molecule has 0 spiro atoms. The Labute approximate surface area is 832 Å². The Morgan fingerprint density at radius 3 is 0.829 bits per heavy atom. The van der Waals surface area contributed by atoms with E-state index in [0.717, 1.165) is 120 Å². The van der Waals surface area contributed by atoms with E-state index in [1.54, 1.807) is 55.6 Å². The number of amides is 4. The van der Waals surface area contributed by atoms with Crippen molar-refractivity contribution in [3.8, 4) is 45.0 Å². The number of aromatic nitrogens is 8. The van der Waals surface area contributed by atoms with Crippen molar-refractivity contribution in [2.24, 2.45) is 46.6 Å². The van der Waals surface area contributed by atoms with Gasteiger partial charge in [0.15, 0.2) is 23.1 Å². The van der Waals surface area contributed by atoms with E-state index in [-0.39, 0.29) is 150 Å². The van der Waals surface area contributed by atoms with Gasteiger partial charge in [-0.05, 0) is 235 Å². The van der Waals surface area contributed by atoms with Crippen molar-refractivity contribution in [2.45, 2.75) is 172 Å². The number of nitrogens with one attached hydrogen (secondary N) is 4. The quantitative estimate of drug-likeness (QED) is 0.0206. The van der Waals surface area contributed by atoms with Gasteiger partial charge in [-0.25, -0.2) is 82.2 Å². The van der Waals surface area contributed by atoms with Gasteiger partial charge in [0.1, 0.15) is 115 Å². The van der Waals surface area contributed by atoms with Crippen LogP contribution in [0.25, 0.3) is 45.0 Å². The third-order valence-corrected chi connectivity index (χ3v) is 26.6. The van der Waals surface area contributed by atoms with E-state index in [1.807, 2.05) is 50.8 Å². The van der Waals surface area contributed by atoms with Gasteiger partial charge < -0.3 is 58.6 Å². The lowest BCUT2D eigenvalue weighted by Crippen LogP contribution is -2.61. The minimum absolute atomic E-state index is 0.00995. The fourth-order valence-electron chi connectivity index (χ4n) is 19.8. The fraction of sp³-hybridized carbons (Fsp3) is 0.327. The zero-order chi connectivity index (χ0) is 105. The highest BCUT2D eigenvalue weighted by Gasteiger charge is 2.42. The van der Waals surface area contributed by atoms with Crippen molar-refractivity contribution in [1.29, 1.82) is 0 Å². The number of hydrogen-bond acceptors (Lipinski definition) is 23. The molecule has 3 saturated carbocycles. The van der Waals surface area contributed by atoms with Crippen LogP contribution in [0.15, 0.2) is 195 Å². The molecule has 16 rings (SSSR count). The zero-order valence-electron chi connectivity index (χ0n) is 80.6. The van der Waals surface area contributed by atoms with Gasteiger partial charge in [-0.2, -0.15) is 0 Å². The Kier molecular flexibility index (Phi) is 36.1. The lowest BCUT2D eigenvalue weighted by Gasteiger charge is -2.43. The summed E-state index contributed by atoms with van der Waals surface area (Å²) in [5.74, 6) is -13.3. The van der Waals surface area contributed by atoms with Crippen LogP contribution in [0, 0.1) is 93.5 Å². The molecule has 4 amide bonds. The fourth-order valence-corrected chi connectivity index (χ4v) is 19.8. The number of Topliss-reactive ketones (excluding diaryl/α,β-unsaturated/α-hetero) is 4. The molecule has 0 unspecified atom stereocenters. The van der Waals surface area contributed by atoms with E-state index < -0.39 is 150 Å². The number of pyridine rings is 8. The molecule has 4 fully saturated rings. The minimum atomic E-state index is -0.978. The molecule has 12 aromatic rings. The number of ether oxygens (including phenoxy) is 2. The van der Waals surface area contributed by atoms with Gasteiger partial charge in [-0.15, -0.1) is 0 Å². The predicted octanol–water partition coefficient (Wildman–Crippen LogP) is 16.7. The number of nitrogens with zero attached hydrogens (tertiary/aromatic N) is 9. The highest BCUT2D eigenvalue weighted by Crippen LogP contribution is 2.43. The molecule has 8 aromatic heterocycles. The van der Waals surface area contributed by atoms with Crippen molar-refractivity contribution in [1.82, 2.24) is 61.1 Å². The molecule has 9 heterocycles. The van der Waals surface area contributed by atoms with Crippen LogP contribution in [0.3, 0.4) is 0 Å². The average molecular weight is 2020 g/mol. The van der Waals surface area contributed by atoms with E-state index in [2.05, 4.69) is 61.1 Å². The highest BCUT2D eigenvalue weighted by molar-refractivity contribution is 5.99. The molecular formula is C107H107F12N17O10. The minimum Gasteiger partial charge on any atom is -0.453 e. The van der Waals surface area contributed by atoms with Gasteiger partial charge in [0, 0.05) is 162 Å². The summed E-state index contributed by atoms with van der Waals surface area (Å²) in [6.07, 6.45) is 15.3. The second-order valence-electron chi connectivity index (χ2n) is 36.9. The molecule has 0 bridgehead atoms. The number of rotatable bonds is 24. The number of nitrogens with two attached hydrogens (primary N) is 4. The molecule has 0 radical (unpaired) electrons. The van der Waals surface area contributed by atoms with Crippen LogP contribution in [0.2, 0.25) is 0 Å². The number of hydrogen-bond donors (Lipinski definition) is 8. The van der Waals surface area contributed by atoms with Gasteiger partial charge in [0.05, 0.1) is 36.5 Å². The normalized spacial score (nSPS) is 21.0. The summed E-state index contributed by atoms with van der Waals surface area (Å²) < 4.78 is 181. The smallest absolute Gasteiger partial charge is 0.407 e. The van der Waals surface area contributed by atoms with Crippen LogP contribution in [-0.2, 0) is 44.7 Å². The van der Waals surface area contributed by atoms with Crippen LogP contribution in [-0.4, -0.2) is 163 Å². The number of benzene rings is 4. The van der Waals surface area contributed by atoms with Crippen LogP contribution < -0.4 is 49.1 Å². The molecule has 1 saturated heterocycles. The summed E-state index contributed by atoms with van der Waals surface area (Å²) in [6, 6.07) is 26.6. The van der Waals surface area contributed by atoms with Gasteiger partial charge >= 0.3 is 12.2 Å². The van der Waals surface area contributed by atoms with E-state index in [4.69, 9.17) is 32.4 Å². The second-order valence-corrected chi connectivity index (χ2v) is 36.9. The molecule has 27 nitrogen and oxygen atoms in total. The predicted molar refractivity (Wildman–Crippen MR) is 518 cm³/mol. The van der Waals surface area contributed by atoms with Gasteiger partial charge in [0.2, 0.25) is 11.8 Å². The van der Waals surface area contributed by atoms with Gasteiger partial charge in [-0.1, -0.05) is 52.0 Å². The Hall–Kier alpha value is -15.0. The number of anilines is 1. The Bertz CT molecular complexity index is 6310. The molecule has 1 aliphatic heterocycles. The summed E-state index contributed by atoms with van der Waals surface area (Å²) in [4.78, 5) is 134. The van der Waals surface area contributed by atoms with Gasteiger partial charge in [-0.3, -0.25) is 48.7 Å². The SMILES string of the molecule is CC(=O)N[C@@H]1[C@H](C)C[C@H](c2ccncc2CC(=O)c2ccc(F)c(-c3c(F)cccc3F)n2)C[C@@H]1N.CC(=O)N[C@@H]1[C@H](N)CN(c2ccncc2CC(=O)c2ccc(F)c(-c3c(F)cccc3F)n2)C[C@@H]1C.COC(=O)N[C@@H]1[C@H](C)C[C@H](c2ccncc2CC(=O)c2ccc(F)c(-c3c(F)cccc3F)n2)C[C@@H]1N.COC(=O)N[C@@H]1[C@H](N)C[C@H](c2ccncc2CC(=O)c2ccc(F)c(-c3c(F)cccc3F)n2)C[C@@H]1C. The van der Waals surface area contributed by atoms with Gasteiger partial charge in [0.25, 0.3) is 0 Å². The monoisotopic (exact) mass is 2020 g/mol. The second kappa shape index (κ2) is 48.6. The summed E-state index contributed by atoms with van der Waals surface area (Å²) >= 11 is 0. The third kappa shape index (κ3) is 26.0. The number of carbonyl (C=O) groups excluding carboxylic acids is 8. The van der Waals surface area contributed by atoms with Crippen molar-refractivity contribution < 1.29 is 101 Å². The molecule has 764 valence electrons. The van der Waals surface area contributed by atoms with E-state index in [9.17, 15) is 91.0 Å². The molecule has 15 atom stereocenters. The van der Waals surface area contributed by atoms with Crippen molar-refractivity contribution in [3.05, 3.63) is 327 Å². The van der Waals surface area contributed by atoms with E-state index in [0.29, 0.717) is 67.4 Å². The number of ketones is 4.